The first-order valence-electron chi connectivity index (χ1n) is 13.5. The summed E-state index contributed by atoms with van der Waals surface area (Å²) in [5.41, 5.74) is 3.50. The van der Waals surface area contributed by atoms with Gasteiger partial charge in [0.2, 0.25) is 0 Å². The third-order valence-electron chi connectivity index (χ3n) is 7.24. The third-order valence-corrected chi connectivity index (χ3v) is 7.24. The van der Waals surface area contributed by atoms with E-state index in [1.165, 1.54) is 0 Å². The van der Waals surface area contributed by atoms with Gasteiger partial charge >= 0.3 is 6.09 Å². The number of rotatable bonds is 9. The van der Waals surface area contributed by atoms with Crippen LogP contribution < -0.4 is 5.32 Å². The van der Waals surface area contributed by atoms with Crippen molar-refractivity contribution in [1.29, 1.82) is 0 Å². The maximum Gasteiger partial charge on any atom is 0.409 e. The lowest BCUT2D eigenvalue weighted by molar-refractivity contribution is -0.0430. The molecular weight excluding hydrogens is 461 g/mol. The molecule has 1 amide bonds. The molecular formula is C27H42FN5O3. The van der Waals surface area contributed by atoms with Crippen molar-refractivity contribution in [3.8, 4) is 0 Å². The highest BCUT2D eigenvalue weighted by molar-refractivity contribution is 5.70. The summed E-state index contributed by atoms with van der Waals surface area (Å²) in [6.07, 6.45) is 6.37. The number of morpholine rings is 1. The minimum atomic E-state index is -1.04. The van der Waals surface area contributed by atoms with Gasteiger partial charge in [0.1, 0.15) is 6.17 Å². The number of carbonyl (C=O) groups is 1. The Kier molecular flexibility index (Phi) is 9.06. The van der Waals surface area contributed by atoms with Gasteiger partial charge in [-0.05, 0) is 38.2 Å². The van der Waals surface area contributed by atoms with Gasteiger partial charge in [-0.25, -0.2) is 14.2 Å². The van der Waals surface area contributed by atoms with E-state index in [-0.39, 0.29) is 12.2 Å². The molecule has 0 bridgehead atoms. The molecule has 2 saturated heterocycles. The van der Waals surface area contributed by atoms with Gasteiger partial charge in [0.25, 0.3) is 0 Å². The fourth-order valence-corrected chi connectivity index (χ4v) is 5.04. The average molecular weight is 504 g/mol. The molecule has 4 rings (SSSR count). The first-order chi connectivity index (χ1) is 17.4. The van der Waals surface area contributed by atoms with Crippen LogP contribution in [0.2, 0.25) is 0 Å². The predicted octanol–water partition coefficient (Wildman–Crippen LogP) is 5.00. The zero-order chi connectivity index (χ0) is 25.7. The minimum Gasteiger partial charge on any atom is -0.449 e. The van der Waals surface area contributed by atoms with Crippen LogP contribution in [0.3, 0.4) is 0 Å². The van der Waals surface area contributed by atoms with Gasteiger partial charge in [-0.2, -0.15) is 0 Å². The standard InChI is InChI=1S/C27H42FN5O3/c1-5-6-12-36-27(34)32-11-13-35-23(18-32)17-31-9-7-22(8-10-31)30-24-14-21(20(4)28)16-33-25(19(2)3)15-29-26(24)33/h14-16,19-20,22-23,30H,5-13,17-18H2,1-4H3/t20?,23-/m1/s1. The van der Waals surface area contributed by atoms with Crippen molar-refractivity contribution in [3.05, 3.63) is 29.7 Å². The second-order valence-corrected chi connectivity index (χ2v) is 10.5. The van der Waals surface area contributed by atoms with Crippen LogP contribution in [0.15, 0.2) is 18.5 Å². The molecule has 0 spiro atoms. The van der Waals surface area contributed by atoms with Crippen LogP contribution in [0, 0.1) is 0 Å². The van der Waals surface area contributed by atoms with E-state index in [1.807, 2.05) is 22.9 Å². The van der Waals surface area contributed by atoms with Crippen LogP contribution in [0.4, 0.5) is 14.9 Å². The lowest BCUT2D eigenvalue weighted by Gasteiger charge is -2.38. The van der Waals surface area contributed by atoms with Crippen molar-refractivity contribution >= 4 is 17.4 Å². The Morgan fingerprint density at radius 2 is 2.06 bits per heavy atom. The van der Waals surface area contributed by atoms with Crippen molar-refractivity contribution in [2.45, 2.75) is 77.6 Å². The first-order valence-corrected chi connectivity index (χ1v) is 13.5. The summed E-state index contributed by atoms with van der Waals surface area (Å²) < 4.78 is 27.6. The quantitative estimate of drug-likeness (QED) is 0.486. The number of alkyl halides is 1. The molecule has 0 aliphatic carbocycles. The first kappa shape index (κ1) is 26.7. The predicted molar refractivity (Wildman–Crippen MR) is 139 cm³/mol. The monoisotopic (exact) mass is 503 g/mol. The van der Waals surface area contributed by atoms with Crippen LogP contribution in [0.5, 0.6) is 0 Å². The number of amides is 1. The van der Waals surface area contributed by atoms with Crippen molar-refractivity contribution in [3.63, 3.8) is 0 Å². The number of aromatic nitrogens is 2. The van der Waals surface area contributed by atoms with Crippen LogP contribution in [-0.2, 0) is 9.47 Å². The van der Waals surface area contributed by atoms with Gasteiger partial charge in [0.05, 0.1) is 31.5 Å². The molecule has 2 aromatic heterocycles. The summed E-state index contributed by atoms with van der Waals surface area (Å²) in [6.45, 7) is 12.8. The van der Waals surface area contributed by atoms with Crippen molar-refractivity contribution in [2.75, 3.05) is 51.3 Å². The Hall–Kier alpha value is -2.39. The molecule has 2 aliphatic rings. The number of hydrogen-bond donors (Lipinski definition) is 1. The summed E-state index contributed by atoms with van der Waals surface area (Å²) in [5.74, 6) is 0.303. The summed E-state index contributed by atoms with van der Waals surface area (Å²) in [7, 11) is 0. The Labute approximate surface area is 214 Å². The molecule has 2 fully saturated rings. The largest absolute Gasteiger partial charge is 0.449 e. The molecule has 36 heavy (non-hydrogen) atoms. The van der Waals surface area contributed by atoms with E-state index in [2.05, 4.69) is 36.0 Å². The SMILES string of the molecule is CCCCOC(=O)N1CCO[C@H](CN2CCC(Nc3cc(C(C)F)cn4c(C(C)C)cnc34)CC2)C1. The fraction of sp³-hybridized carbons (Fsp3) is 0.704. The summed E-state index contributed by atoms with van der Waals surface area (Å²) >= 11 is 0. The number of pyridine rings is 1. The maximum absolute atomic E-state index is 14.3. The topological polar surface area (TPSA) is 71.3 Å². The van der Waals surface area contributed by atoms with E-state index in [0.29, 0.717) is 43.8 Å². The number of unbranched alkanes of at least 4 members (excludes halogenated alkanes) is 1. The number of nitrogens with zero attached hydrogens (tertiary/aromatic N) is 4. The molecule has 2 aromatic rings. The van der Waals surface area contributed by atoms with Gasteiger partial charge in [-0.1, -0.05) is 27.2 Å². The lowest BCUT2D eigenvalue weighted by atomic mass is 10.0. The van der Waals surface area contributed by atoms with Crippen molar-refractivity contribution < 1.29 is 18.7 Å². The number of fused-ring (bicyclic) bond motifs is 1. The molecule has 8 nitrogen and oxygen atoms in total. The Balaban J connectivity index is 1.31. The molecule has 0 radical (unpaired) electrons. The van der Waals surface area contributed by atoms with Crippen molar-refractivity contribution in [1.82, 2.24) is 19.2 Å². The average Bonchev–Trinajstić information content (AvgIpc) is 3.30. The second-order valence-electron chi connectivity index (χ2n) is 10.5. The van der Waals surface area contributed by atoms with Crippen LogP contribution in [0.25, 0.3) is 5.65 Å². The van der Waals surface area contributed by atoms with Crippen molar-refractivity contribution in [2.24, 2.45) is 0 Å². The van der Waals surface area contributed by atoms with E-state index in [9.17, 15) is 9.18 Å². The molecule has 0 saturated carbocycles. The van der Waals surface area contributed by atoms with E-state index in [1.54, 1.807) is 11.8 Å². The van der Waals surface area contributed by atoms with Gasteiger partial charge in [0, 0.05) is 55.9 Å². The zero-order valence-electron chi connectivity index (χ0n) is 22.2. The van der Waals surface area contributed by atoms with Gasteiger partial charge in [-0.3, -0.25) is 0 Å². The fourth-order valence-electron chi connectivity index (χ4n) is 5.04. The minimum absolute atomic E-state index is 0.00343. The van der Waals surface area contributed by atoms with Crippen LogP contribution in [0.1, 0.15) is 76.7 Å². The molecule has 200 valence electrons. The van der Waals surface area contributed by atoms with Gasteiger partial charge in [-0.15, -0.1) is 0 Å². The van der Waals surface area contributed by atoms with Gasteiger partial charge < -0.3 is 29.0 Å². The third kappa shape index (κ3) is 6.48. The normalized spacial score (nSPS) is 20.7. The molecule has 0 aromatic carbocycles. The maximum atomic E-state index is 14.3. The molecule has 2 atom stereocenters. The molecule has 1 unspecified atom stereocenters. The Morgan fingerprint density at radius 1 is 1.28 bits per heavy atom. The lowest BCUT2D eigenvalue weighted by Crippen LogP contribution is -2.51. The highest BCUT2D eigenvalue weighted by Gasteiger charge is 2.29. The number of anilines is 1. The molecule has 1 N–H and O–H groups in total. The van der Waals surface area contributed by atoms with Gasteiger partial charge in [0.15, 0.2) is 5.65 Å². The summed E-state index contributed by atoms with van der Waals surface area (Å²) in [5, 5.41) is 3.66. The zero-order valence-corrected chi connectivity index (χ0v) is 22.2. The number of imidazole rings is 1. The number of hydrogen-bond acceptors (Lipinski definition) is 6. The second kappa shape index (κ2) is 12.2. The van der Waals surface area contributed by atoms with Crippen LogP contribution in [-0.4, -0.2) is 83.4 Å². The summed E-state index contributed by atoms with van der Waals surface area (Å²) in [4.78, 5) is 21.2. The number of piperidine rings is 1. The number of ether oxygens (including phenoxy) is 2. The van der Waals surface area contributed by atoms with Crippen LogP contribution >= 0.6 is 0 Å². The smallest absolute Gasteiger partial charge is 0.409 e. The van der Waals surface area contributed by atoms with E-state index < -0.39 is 6.17 Å². The molecule has 4 heterocycles. The molecule has 9 heteroatoms. The molecule has 2 aliphatic heterocycles. The highest BCUT2D eigenvalue weighted by atomic mass is 19.1. The number of likely N-dealkylation sites (tertiary alicyclic amines) is 1. The van der Waals surface area contributed by atoms with E-state index in [0.717, 1.165) is 62.3 Å². The number of halogens is 1. The Bertz CT molecular complexity index is 1000. The number of carbonyl (C=O) groups excluding carboxylic acids is 1. The highest BCUT2D eigenvalue weighted by Crippen LogP contribution is 2.29. The Morgan fingerprint density at radius 3 is 2.75 bits per heavy atom. The summed E-state index contributed by atoms with van der Waals surface area (Å²) in [6, 6.07) is 2.21. The van der Waals surface area contributed by atoms with E-state index >= 15 is 0 Å². The number of nitrogens with one attached hydrogen (secondary N) is 1. The van der Waals surface area contributed by atoms with E-state index in [4.69, 9.17) is 9.47 Å².